The molecule has 0 aromatic heterocycles. The van der Waals surface area contributed by atoms with Crippen LogP contribution in [0.1, 0.15) is 50.7 Å². The fraction of sp³-hybridized carbons (Fsp3) is 0.455. The van der Waals surface area contributed by atoms with Crippen molar-refractivity contribution in [2.24, 2.45) is 5.92 Å². The molecular weight excluding hydrogens is 594 g/mol. The van der Waals surface area contributed by atoms with Crippen molar-refractivity contribution in [3.8, 4) is 0 Å². The topological polar surface area (TPSA) is 203 Å². The predicted octanol–water partition coefficient (Wildman–Crippen LogP) is 0.768. The van der Waals surface area contributed by atoms with Gasteiger partial charge >= 0.3 is 11.9 Å². The van der Waals surface area contributed by atoms with Crippen molar-refractivity contribution in [2.75, 3.05) is 6.54 Å². The van der Waals surface area contributed by atoms with Crippen molar-refractivity contribution >= 4 is 35.6 Å². The molecule has 1 fully saturated rings. The van der Waals surface area contributed by atoms with E-state index in [0.717, 1.165) is 12.0 Å². The zero-order chi connectivity index (χ0) is 33.6. The Hall–Kier alpha value is -4.78. The maximum absolute atomic E-state index is 13.8. The molecule has 2 aromatic rings. The van der Waals surface area contributed by atoms with Crippen molar-refractivity contribution in [1.82, 2.24) is 26.6 Å². The van der Waals surface area contributed by atoms with E-state index >= 15 is 0 Å². The summed E-state index contributed by atoms with van der Waals surface area (Å²) < 4.78 is 0. The van der Waals surface area contributed by atoms with Gasteiger partial charge in [0.15, 0.2) is 0 Å². The van der Waals surface area contributed by atoms with Crippen molar-refractivity contribution in [3.05, 3.63) is 71.8 Å². The van der Waals surface area contributed by atoms with E-state index in [9.17, 15) is 33.9 Å². The van der Waals surface area contributed by atoms with Gasteiger partial charge in [0.1, 0.15) is 24.2 Å². The number of carbonyl (C=O) groups is 6. The van der Waals surface area contributed by atoms with Gasteiger partial charge in [-0.25, -0.2) is 4.79 Å². The fourth-order valence-corrected chi connectivity index (χ4v) is 5.19. The van der Waals surface area contributed by atoms with E-state index in [0.29, 0.717) is 24.9 Å². The normalized spacial score (nSPS) is 16.8. The monoisotopic (exact) mass is 637 g/mol. The zero-order valence-electron chi connectivity index (χ0n) is 26.0. The van der Waals surface area contributed by atoms with Crippen LogP contribution in [0.3, 0.4) is 0 Å². The van der Waals surface area contributed by atoms with Crippen LogP contribution in [0.5, 0.6) is 0 Å². The highest BCUT2D eigenvalue weighted by Crippen LogP contribution is 2.12. The van der Waals surface area contributed by atoms with Gasteiger partial charge in [0, 0.05) is 12.8 Å². The van der Waals surface area contributed by atoms with Gasteiger partial charge in [0.05, 0.1) is 12.5 Å². The largest absolute Gasteiger partial charge is 0.481 e. The minimum absolute atomic E-state index is 0.0375. The van der Waals surface area contributed by atoms with Crippen molar-refractivity contribution in [1.29, 1.82) is 0 Å². The number of nitrogens with one attached hydrogen (secondary N) is 5. The molecule has 2 aromatic carbocycles. The van der Waals surface area contributed by atoms with Crippen LogP contribution in [0.4, 0.5) is 0 Å². The number of hydrogen-bond donors (Lipinski definition) is 7. The highest BCUT2D eigenvalue weighted by molar-refractivity contribution is 5.96. The van der Waals surface area contributed by atoms with Crippen LogP contribution < -0.4 is 26.6 Å². The number of carboxylic acids is 2. The Morgan fingerprint density at radius 3 is 1.61 bits per heavy atom. The van der Waals surface area contributed by atoms with Crippen LogP contribution in [-0.4, -0.2) is 82.5 Å². The molecular formula is C33H43N5O8. The van der Waals surface area contributed by atoms with Gasteiger partial charge in [-0.05, 0) is 42.9 Å². The first-order chi connectivity index (χ1) is 21.9. The summed E-state index contributed by atoms with van der Waals surface area (Å²) in [6.07, 6.45) is 0.981. The molecule has 46 heavy (non-hydrogen) atoms. The van der Waals surface area contributed by atoms with E-state index < -0.39 is 66.3 Å². The third-order valence-electron chi connectivity index (χ3n) is 7.54. The number of amides is 4. The summed E-state index contributed by atoms with van der Waals surface area (Å²) in [7, 11) is 0. The first kappa shape index (κ1) is 35.7. The summed E-state index contributed by atoms with van der Waals surface area (Å²) in [6, 6.07) is 12.1. The Bertz CT molecular complexity index is 1350. The fourth-order valence-electron chi connectivity index (χ4n) is 5.19. The van der Waals surface area contributed by atoms with Gasteiger partial charge in [0.2, 0.25) is 23.6 Å². The summed E-state index contributed by atoms with van der Waals surface area (Å²) in [4.78, 5) is 76.6. The Morgan fingerprint density at radius 1 is 0.717 bits per heavy atom. The third-order valence-corrected chi connectivity index (χ3v) is 7.54. The second-order valence-corrected chi connectivity index (χ2v) is 11.8. The quantitative estimate of drug-likeness (QED) is 0.131. The van der Waals surface area contributed by atoms with E-state index in [4.69, 9.17) is 5.11 Å². The van der Waals surface area contributed by atoms with Crippen LogP contribution in [0.15, 0.2) is 60.7 Å². The Kier molecular flexibility index (Phi) is 13.7. The van der Waals surface area contributed by atoms with Crippen LogP contribution in [-0.2, 0) is 41.6 Å². The van der Waals surface area contributed by atoms with Gasteiger partial charge in [-0.3, -0.25) is 24.0 Å². The van der Waals surface area contributed by atoms with E-state index in [1.54, 1.807) is 60.7 Å². The second kappa shape index (κ2) is 17.6. The summed E-state index contributed by atoms with van der Waals surface area (Å²) >= 11 is 0. The van der Waals surface area contributed by atoms with Gasteiger partial charge in [-0.2, -0.15) is 0 Å². The molecule has 1 saturated heterocycles. The molecule has 13 heteroatoms. The van der Waals surface area contributed by atoms with Crippen LogP contribution in [0.2, 0.25) is 0 Å². The minimum Gasteiger partial charge on any atom is -0.481 e. The van der Waals surface area contributed by atoms with Crippen molar-refractivity contribution < 1.29 is 39.0 Å². The van der Waals surface area contributed by atoms with Gasteiger partial charge in [0.25, 0.3) is 0 Å². The minimum atomic E-state index is -1.73. The number of aliphatic carboxylic acids is 2. The molecule has 1 aliphatic rings. The van der Waals surface area contributed by atoms with Crippen LogP contribution in [0, 0.1) is 5.92 Å². The maximum atomic E-state index is 13.8. The lowest BCUT2D eigenvalue weighted by Gasteiger charge is -2.27. The Labute approximate surface area is 267 Å². The lowest BCUT2D eigenvalue weighted by Crippen LogP contribution is -2.59. The molecule has 4 amide bonds. The van der Waals surface area contributed by atoms with Crippen molar-refractivity contribution in [3.63, 3.8) is 0 Å². The van der Waals surface area contributed by atoms with Crippen LogP contribution >= 0.6 is 0 Å². The average Bonchev–Trinajstić information content (AvgIpc) is 3.56. The third kappa shape index (κ3) is 11.6. The molecule has 0 aliphatic carbocycles. The predicted molar refractivity (Wildman–Crippen MR) is 168 cm³/mol. The number of carbonyl (C=O) groups excluding carboxylic acids is 4. The molecule has 248 valence electrons. The molecule has 0 spiro atoms. The number of carboxylic acid groups (broad SMARTS) is 2. The Balaban J connectivity index is 1.86. The highest BCUT2D eigenvalue weighted by atomic mass is 16.4. The van der Waals surface area contributed by atoms with E-state index in [2.05, 4.69) is 26.6 Å². The molecule has 3 rings (SSSR count). The molecule has 0 saturated carbocycles. The molecule has 5 atom stereocenters. The molecule has 0 bridgehead atoms. The summed E-state index contributed by atoms with van der Waals surface area (Å²) in [5.74, 6) is -5.39. The maximum Gasteiger partial charge on any atom is 0.326 e. The summed E-state index contributed by atoms with van der Waals surface area (Å²) in [5, 5.41) is 32.2. The Morgan fingerprint density at radius 2 is 1.20 bits per heavy atom. The summed E-state index contributed by atoms with van der Waals surface area (Å²) in [6.45, 7) is 4.53. The first-order valence-corrected chi connectivity index (χ1v) is 15.4. The highest BCUT2D eigenvalue weighted by Gasteiger charge is 2.33. The molecule has 1 heterocycles. The van der Waals surface area contributed by atoms with Gasteiger partial charge in [-0.15, -0.1) is 0 Å². The molecule has 1 aliphatic heterocycles. The summed E-state index contributed by atoms with van der Waals surface area (Å²) in [5.41, 5.74) is 1.37. The smallest absolute Gasteiger partial charge is 0.326 e. The molecule has 7 N–H and O–H groups in total. The van der Waals surface area contributed by atoms with Crippen molar-refractivity contribution in [2.45, 2.75) is 82.6 Å². The lowest BCUT2D eigenvalue weighted by molar-refractivity contribution is -0.147. The second-order valence-electron chi connectivity index (χ2n) is 11.8. The first-order valence-electron chi connectivity index (χ1n) is 15.4. The zero-order valence-corrected chi connectivity index (χ0v) is 26.0. The molecule has 0 unspecified atom stereocenters. The average molecular weight is 638 g/mol. The molecule has 13 nitrogen and oxygen atoms in total. The SMILES string of the molecule is CC(C)C[C@H](NC(=O)[C@@H]1CCCN1)C(=O)N[C@@H](Cc1ccccc1)C(=O)N[C@@H](Cc1ccccc1)C(=O)N[C@@H](CC(=O)O)C(=O)O. The lowest BCUT2D eigenvalue weighted by atomic mass is 9.99. The molecule has 0 radical (unpaired) electrons. The van der Waals surface area contributed by atoms with Gasteiger partial charge in [-0.1, -0.05) is 74.5 Å². The van der Waals surface area contributed by atoms with Crippen LogP contribution in [0.25, 0.3) is 0 Å². The number of hydrogen-bond acceptors (Lipinski definition) is 7. The number of benzene rings is 2. The van der Waals surface area contributed by atoms with E-state index in [1.165, 1.54) is 0 Å². The van der Waals surface area contributed by atoms with E-state index in [1.807, 2.05) is 13.8 Å². The van der Waals surface area contributed by atoms with Gasteiger partial charge < -0.3 is 36.8 Å². The number of rotatable bonds is 17. The standard InChI is InChI=1S/C33H43N5O8/c1-20(2)16-24(35-29(41)23-14-9-15-34-23)30(42)36-25(17-21-10-5-3-6-11-21)31(43)37-26(18-22-12-7-4-8-13-22)32(44)38-27(33(45)46)19-28(39)40/h3-8,10-13,20,23-27,34H,9,14-19H2,1-2H3,(H,35,41)(H,36,42)(H,37,43)(H,38,44)(H,39,40)(H,45,46)/t23-,24-,25-,26-,27-/m0/s1. The van der Waals surface area contributed by atoms with E-state index in [-0.39, 0.29) is 24.7 Å².